The van der Waals surface area contributed by atoms with E-state index < -0.39 is 10.0 Å². The summed E-state index contributed by atoms with van der Waals surface area (Å²) in [5.74, 6) is 0. The van der Waals surface area contributed by atoms with Crippen LogP contribution in [0, 0.1) is 0 Å². The zero-order valence-electron chi connectivity index (χ0n) is 11.4. The van der Waals surface area contributed by atoms with E-state index >= 15 is 0 Å². The van der Waals surface area contributed by atoms with Crippen LogP contribution in [0.5, 0.6) is 0 Å². The van der Waals surface area contributed by atoms with Crippen LogP contribution in [0.4, 0.5) is 0 Å². The van der Waals surface area contributed by atoms with Gasteiger partial charge in [-0.1, -0.05) is 45.7 Å². The van der Waals surface area contributed by atoms with Gasteiger partial charge >= 0.3 is 0 Å². The number of hydrogen-bond acceptors (Lipinski definition) is 2. The summed E-state index contributed by atoms with van der Waals surface area (Å²) in [6.45, 7) is 4.50. The Bertz CT molecular complexity index is 545. The molecule has 0 aliphatic heterocycles. The monoisotopic (exact) mass is 489 g/mol. The van der Waals surface area contributed by atoms with Crippen LogP contribution in [0.2, 0.25) is 0 Å². The van der Waals surface area contributed by atoms with E-state index in [2.05, 4.69) is 47.8 Å². The van der Waals surface area contributed by atoms with Gasteiger partial charge in [-0.25, -0.2) is 8.42 Å². The van der Waals surface area contributed by atoms with E-state index in [0.717, 1.165) is 17.3 Å². The van der Waals surface area contributed by atoms with Crippen LogP contribution in [0.1, 0.15) is 26.7 Å². The molecule has 0 radical (unpaired) electrons. The van der Waals surface area contributed by atoms with Gasteiger partial charge < -0.3 is 0 Å². The van der Waals surface area contributed by atoms with Crippen molar-refractivity contribution in [2.24, 2.45) is 0 Å². The van der Waals surface area contributed by atoms with E-state index in [1.54, 1.807) is 16.4 Å². The molecule has 0 atom stereocenters. The van der Waals surface area contributed by atoms with Gasteiger partial charge in [-0.2, -0.15) is 4.31 Å². The molecule has 0 unspecified atom stereocenters. The summed E-state index contributed by atoms with van der Waals surface area (Å²) in [6.07, 6.45) is 1.60. The van der Waals surface area contributed by atoms with Gasteiger partial charge in [0.15, 0.2) is 0 Å². The number of rotatable bonds is 7. The predicted molar refractivity (Wildman–Crippen MR) is 93.9 cm³/mol. The van der Waals surface area contributed by atoms with Gasteiger partial charge in [0.2, 0.25) is 10.0 Å². The maximum atomic E-state index is 12.9. The molecule has 7 heteroatoms. The largest absolute Gasteiger partial charge is 0.244 e. The van der Waals surface area contributed by atoms with Crippen LogP contribution in [-0.4, -0.2) is 30.6 Å². The van der Waals surface area contributed by atoms with E-state index in [-0.39, 0.29) is 6.04 Å². The van der Waals surface area contributed by atoms with Crippen LogP contribution in [0.25, 0.3) is 0 Å². The standard InChI is InChI=1S/C13H18Br3NO2S/c1-3-11(4-2)17(8-7-14)20(18,19)13-9-10(15)5-6-12(13)16/h5-6,9,11H,3-4,7-8H2,1-2H3. The lowest BCUT2D eigenvalue weighted by atomic mass is 10.2. The van der Waals surface area contributed by atoms with E-state index in [9.17, 15) is 8.42 Å². The molecule has 0 aliphatic carbocycles. The summed E-state index contributed by atoms with van der Waals surface area (Å²) in [5.41, 5.74) is 0. The fraction of sp³-hybridized carbons (Fsp3) is 0.538. The third kappa shape index (κ3) is 4.29. The smallest absolute Gasteiger partial charge is 0.207 e. The van der Waals surface area contributed by atoms with Crippen molar-refractivity contribution in [2.75, 3.05) is 11.9 Å². The quantitative estimate of drug-likeness (QED) is 0.514. The Hall–Kier alpha value is 0.570. The van der Waals surface area contributed by atoms with Crippen molar-refractivity contribution in [2.45, 2.75) is 37.6 Å². The molecule has 0 saturated heterocycles. The Balaban J connectivity index is 3.32. The zero-order chi connectivity index (χ0) is 15.3. The first kappa shape index (κ1) is 18.6. The van der Waals surface area contributed by atoms with Crippen molar-refractivity contribution < 1.29 is 8.42 Å². The number of sulfonamides is 1. The van der Waals surface area contributed by atoms with Gasteiger partial charge in [0.1, 0.15) is 0 Å². The minimum Gasteiger partial charge on any atom is -0.207 e. The van der Waals surface area contributed by atoms with Crippen LogP contribution in [-0.2, 0) is 10.0 Å². The van der Waals surface area contributed by atoms with E-state index in [1.165, 1.54) is 0 Å². The Morgan fingerprint density at radius 1 is 1.20 bits per heavy atom. The lowest BCUT2D eigenvalue weighted by molar-refractivity contribution is 0.317. The fourth-order valence-corrected chi connectivity index (χ4v) is 5.93. The molecule has 20 heavy (non-hydrogen) atoms. The maximum absolute atomic E-state index is 12.9. The van der Waals surface area contributed by atoms with Crippen molar-refractivity contribution in [1.82, 2.24) is 4.31 Å². The molecule has 114 valence electrons. The molecule has 0 fully saturated rings. The Morgan fingerprint density at radius 3 is 2.30 bits per heavy atom. The molecule has 0 N–H and O–H groups in total. The summed E-state index contributed by atoms with van der Waals surface area (Å²) in [5, 5.41) is 0.619. The Labute approximate surface area is 146 Å². The normalized spacial score (nSPS) is 12.3. The Morgan fingerprint density at radius 2 is 1.80 bits per heavy atom. The number of alkyl halides is 1. The van der Waals surface area contributed by atoms with Gasteiger partial charge in [-0.05, 0) is 47.0 Å². The van der Waals surface area contributed by atoms with Crippen LogP contribution in [0.15, 0.2) is 32.0 Å². The second kappa shape index (κ2) is 8.27. The average molecular weight is 492 g/mol. The molecule has 0 aromatic heterocycles. The SMILES string of the molecule is CCC(CC)N(CCBr)S(=O)(=O)c1cc(Br)ccc1Br. The Kier molecular flexibility index (Phi) is 7.70. The molecule has 0 spiro atoms. The molecule has 1 aromatic rings. The van der Waals surface area contributed by atoms with Gasteiger partial charge in [-0.3, -0.25) is 0 Å². The molecule has 3 nitrogen and oxygen atoms in total. The minimum atomic E-state index is -3.51. The van der Waals surface area contributed by atoms with Crippen molar-refractivity contribution in [1.29, 1.82) is 0 Å². The van der Waals surface area contributed by atoms with Crippen molar-refractivity contribution in [3.05, 3.63) is 27.1 Å². The number of nitrogens with zero attached hydrogens (tertiary/aromatic N) is 1. The lowest BCUT2D eigenvalue weighted by Gasteiger charge is -2.29. The summed E-state index contributed by atoms with van der Waals surface area (Å²) >= 11 is 10.0. The van der Waals surface area contributed by atoms with Gasteiger partial charge in [0, 0.05) is 26.9 Å². The van der Waals surface area contributed by atoms with Crippen molar-refractivity contribution in [3.8, 4) is 0 Å². The first-order chi connectivity index (χ1) is 9.38. The number of benzene rings is 1. The van der Waals surface area contributed by atoms with Crippen molar-refractivity contribution in [3.63, 3.8) is 0 Å². The van der Waals surface area contributed by atoms with Crippen LogP contribution < -0.4 is 0 Å². The van der Waals surface area contributed by atoms with Gasteiger partial charge in [-0.15, -0.1) is 0 Å². The van der Waals surface area contributed by atoms with E-state index in [1.807, 2.05) is 19.9 Å². The highest BCUT2D eigenvalue weighted by molar-refractivity contribution is 9.11. The second-order valence-corrected chi connectivity index (χ2v) is 8.77. The predicted octanol–water partition coefficient (Wildman–Crippen LogP) is 4.79. The third-order valence-electron chi connectivity index (χ3n) is 3.13. The van der Waals surface area contributed by atoms with Crippen molar-refractivity contribution >= 4 is 57.8 Å². The average Bonchev–Trinajstić information content (AvgIpc) is 2.41. The molecular weight excluding hydrogens is 474 g/mol. The highest BCUT2D eigenvalue weighted by Crippen LogP contribution is 2.30. The molecular formula is C13H18Br3NO2S. The first-order valence-electron chi connectivity index (χ1n) is 6.41. The molecule has 0 saturated carbocycles. The summed E-state index contributed by atoms with van der Waals surface area (Å²) < 4.78 is 28.8. The van der Waals surface area contributed by atoms with E-state index in [4.69, 9.17) is 0 Å². The molecule has 1 aromatic carbocycles. The first-order valence-corrected chi connectivity index (χ1v) is 10.6. The second-order valence-electron chi connectivity index (χ2n) is 4.35. The summed E-state index contributed by atoms with van der Waals surface area (Å²) in [4.78, 5) is 0.305. The van der Waals surface area contributed by atoms with E-state index in [0.29, 0.717) is 21.2 Å². The molecule has 0 heterocycles. The van der Waals surface area contributed by atoms with Gasteiger partial charge in [0.05, 0.1) is 4.90 Å². The lowest BCUT2D eigenvalue weighted by Crippen LogP contribution is -2.41. The third-order valence-corrected chi connectivity index (χ3v) is 6.93. The molecule has 0 bridgehead atoms. The highest BCUT2D eigenvalue weighted by Gasteiger charge is 2.30. The van der Waals surface area contributed by atoms with Gasteiger partial charge in [0.25, 0.3) is 0 Å². The topological polar surface area (TPSA) is 37.4 Å². The number of hydrogen-bond donors (Lipinski definition) is 0. The van der Waals surface area contributed by atoms with Crippen LogP contribution >= 0.6 is 47.8 Å². The number of halogens is 3. The zero-order valence-corrected chi connectivity index (χ0v) is 17.0. The molecule has 0 amide bonds. The summed E-state index contributed by atoms with van der Waals surface area (Å²) in [7, 11) is -3.51. The summed E-state index contributed by atoms with van der Waals surface area (Å²) in [6, 6.07) is 5.22. The maximum Gasteiger partial charge on any atom is 0.244 e. The highest BCUT2D eigenvalue weighted by atomic mass is 79.9. The van der Waals surface area contributed by atoms with Crippen LogP contribution in [0.3, 0.4) is 0 Å². The fourth-order valence-electron chi connectivity index (χ4n) is 2.08. The molecule has 0 aliphatic rings. The molecule has 1 rings (SSSR count). The minimum absolute atomic E-state index is 0.0171.